The minimum Gasteiger partial charge on any atom is -0.322 e. The molecule has 0 atom stereocenters. The van der Waals surface area contributed by atoms with E-state index in [1.54, 1.807) is 0 Å². The van der Waals surface area contributed by atoms with E-state index in [4.69, 9.17) is 0 Å². The van der Waals surface area contributed by atoms with Crippen molar-refractivity contribution in [3.8, 4) is 0 Å². The number of rotatable bonds is 2. The maximum atomic E-state index is 12.3. The Kier molecular flexibility index (Phi) is 2.69. The standard InChI is InChI=1S/C6H5BrFNO2S/c7-9-5-1-3-6(4-2-5)12(8,10)11/h1-4,9H. The molecule has 1 N–H and O–H groups in total. The van der Waals surface area contributed by atoms with E-state index in [1.807, 2.05) is 0 Å². The number of hydrogen-bond donors (Lipinski definition) is 1. The second-order valence-corrected chi connectivity index (χ2v) is 3.80. The Labute approximate surface area is 78.1 Å². The monoisotopic (exact) mass is 253 g/mol. The lowest BCUT2D eigenvalue weighted by Gasteiger charge is -1.97. The second kappa shape index (κ2) is 3.40. The van der Waals surface area contributed by atoms with Crippen molar-refractivity contribution in [3.05, 3.63) is 24.3 Å². The molecule has 0 saturated carbocycles. The number of hydrogen-bond acceptors (Lipinski definition) is 3. The van der Waals surface area contributed by atoms with E-state index in [9.17, 15) is 12.3 Å². The first-order chi connectivity index (χ1) is 5.54. The molecule has 0 amide bonds. The van der Waals surface area contributed by atoms with Crippen molar-refractivity contribution in [3.63, 3.8) is 0 Å². The molecule has 0 saturated heterocycles. The fourth-order valence-electron chi connectivity index (χ4n) is 0.680. The number of anilines is 1. The summed E-state index contributed by atoms with van der Waals surface area (Å²) in [6.45, 7) is 0. The van der Waals surface area contributed by atoms with Gasteiger partial charge in [-0.1, -0.05) is 0 Å². The third-order valence-corrected chi connectivity index (χ3v) is 2.54. The fourth-order valence-corrected chi connectivity index (χ4v) is 1.41. The molecular formula is C6H5BrFNO2S. The lowest BCUT2D eigenvalue weighted by Crippen LogP contribution is -1.91. The largest absolute Gasteiger partial charge is 0.332 e. The van der Waals surface area contributed by atoms with Crippen LogP contribution in [0.15, 0.2) is 29.2 Å². The topological polar surface area (TPSA) is 46.2 Å². The van der Waals surface area contributed by atoms with Crippen LogP contribution in [-0.2, 0) is 10.2 Å². The van der Waals surface area contributed by atoms with E-state index in [0.29, 0.717) is 5.69 Å². The summed E-state index contributed by atoms with van der Waals surface area (Å²) >= 11 is 2.94. The molecule has 0 heterocycles. The zero-order valence-corrected chi connectivity index (χ0v) is 8.19. The Hall–Kier alpha value is -0.620. The van der Waals surface area contributed by atoms with Gasteiger partial charge in [0.2, 0.25) is 0 Å². The SMILES string of the molecule is O=S(=O)(F)c1ccc(NBr)cc1. The molecule has 0 radical (unpaired) electrons. The van der Waals surface area contributed by atoms with Gasteiger partial charge < -0.3 is 4.34 Å². The van der Waals surface area contributed by atoms with Crippen LogP contribution in [0.3, 0.4) is 0 Å². The van der Waals surface area contributed by atoms with Gasteiger partial charge in [-0.2, -0.15) is 8.42 Å². The Morgan fingerprint density at radius 1 is 1.25 bits per heavy atom. The molecule has 1 rings (SSSR count). The van der Waals surface area contributed by atoms with Gasteiger partial charge in [-0.3, -0.25) is 0 Å². The predicted octanol–water partition coefficient (Wildman–Crippen LogP) is 2.07. The Bertz CT molecular complexity index is 362. The molecule has 0 aliphatic carbocycles. The Morgan fingerprint density at radius 3 is 2.08 bits per heavy atom. The van der Waals surface area contributed by atoms with Crippen LogP contribution in [0.5, 0.6) is 0 Å². The zero-order chi connectivity index (χ0) is 9.19. The van der Waals surface area contributed by atoms with Crippen LogP contribution in [0.4, 0.5) is 9.57 Å². The number of halogens is 2. The van der Waals surface area contributed by atoms with Crippen LogP contribution in [0.2, 0.25) is 0 Å². The number of benzene rings is 1. The summed E-state index contributed by atoms with van der Waals surface area (Å²) in [5.74, 6) is 0. The van der Waals surface area contributed by atoms with Gasteiger partial charge in [0, 0.05) is 21.8 Å². The van der Waals surface area contributed by atoms with Crippen molar-refractivity contribution >= 4 is 32.1 Å². The van der Waals surface area contributed by atoms with Crippen molar-refractivity contribution in [1.82, 2.24) is 0 Å². The van der Waals surface area contributed by atoms with Crippen molar-refractivity contribution in [2.75, 3.05) is 4.34 Å². The van der Waals surface area contributed by atoms with E-state index < -0.39 is 10.2 Å². The van der Waals surface area contributed by atoms with E-state index in [0.717, 1.165) is 0 Å². The van der Waals surface area contributed by atoms with Crippen molar-refractivity contribution in [2.45, 2.75) is 4.90 Å². The third kappa shape index (κ3) is 2.18. The van der Waals surface area contributed by atoms with Gasteiger partial charge in [-0.05, 0) is 24.3 Å². The first-order valence-electron chi connectivity index (χ1n) is 2.95. The van der Waals surface area contributed by atoms with Crippen LogP contribution >= 0.6 is 16.1 Å². The van der Waals surface area contributed by atoms with Crippen molar-refractivity contribution in [1.29, 1.82) is 0 Å². The molecule has 3 nitrogen and oxygen atoms in total. The van der Waals surface area contributed by atoms with Crippen LogP contribution in [0.1, 0.15) is 0 Å². The van der Waals surface area contributed by atoms with E-state index in [1.165, 1.54) is 24.3 Å². The van der Waals surface area contributed by atoms with Gasteiger partial charge in [0.05, 0.1) is 4.90 Å². The molecule has 0 bridgehead atoms. The minimum atomic E-state index is -4.57. The average molecular weight is 254 g/mol. The Morgan fingerprint density at radius 2 is 1.75 bits per heavy atom. The first-order valence-corrected chi connectivity index (χ1v) is 5.13. The second-order valence-electron chi connectivity index (χ2n) is 2.06. The Balaban J connectivity index is 3.09. The lowest BCUT2D eigenvalue weighted by atomic mass is 10.3. The zero-order valence-electron chi connectivity index (χ0n) is 5.79. The summed E-state index contributed by atoms with van der Waals surface area (Å²) in [7, 11) is -4.57. The highest BCUT2D eigenvalue weighted by molar-refractivity contribution is 9.10. The molecule has 6 heteroatoms. The lowest BCUT2D eigenvalue weighted by molar-refractivity contribution is 0.552. The van der Waals surface area contributed by atoms with Crippen molar-refractivity contribution in [2.24, 2.45) is 0 Å². The summed E-state index contributed by atoms with van der Waals surface area (Å²) < 4.78 is 35.6. The molecular weight excluding hydrogens is 249 g/mol. The summed E-state index contributed by atoms with van der Waals surface area (Å²) in [5.41, 5.74) is 0.655. The maximum absolute atomic E-state index is 12.3. The molecule has 0 aromatic heterocycles. The minimum absolute atomic E-state index is 0.339. The van der Waals surface area contributed by atoms with Crippen molar-refractivity contribution < 1.29 is 12.3 Å². The van der Waals surface area contributed by atoms with E-state index in [2.05, 4.69) is 20.5 Å². The first kappa shape index (κ1) is 9.47. The molecule has 66 valence electrons. The highest BCUT2D eigenvalue weighted by atomic mass is 79.9. The van der Waals surface area contributed by atoms with Gasteiger partial charge >= 0.3 is 10.2 Å². The molecule has 1 aromatic carbocycles. The molecule has 12 heavy (non-hydrogen) atoms. The summed E-state index contributed by atoms with van der Waals surface area (Å²) in [4.78, 5) is -0.339. The quantitative estimate of drug-likeness (QED) is 0.649. The van der Waals surface area contributed by atoms with E-state index >= 15 is 0 Å². The van der Waals surface area contributed by atoms with Gasteiger partial charge in [0.15, 0.2) is 0 Å². The van der Waals surface area contributed by atoms with Crippen LogP contribution in [-0.4, -0.2) is 8.42 Å². The normalized spacial score (nSPS) is 11.2. The van der Waals surface area contributed by atoms with Gasteiger partial charge in [-0.15, -0.1) is 3.89 Å². The molecule has 0 unspecified atom stereocenters. The predicted molar refractivity (Wildman–Crippen MR) is 47.3 cm³/mol. The highest BCUT2D eigenvalue weighted by Crippen LogP contribution is 2.16. The average Bonchev–Trinajstić information content (AvgIpc) is 2.03. The summed E-state index contributed by atoms with van der Waals surface area (Å²) in [6, 6.07) is 5.25. The molecule has 1 aromatic rings. The molecule has 0 aliphatic rings. The molecule has 0 spiro atoms. The smallest absolute Gasteiger partial charge is 0.322 e. The van der Waals surface area contributed by atoms with Crippen LogP contribution in [0, 0.1) is 0 Å². The fraction of sp³-hybridized carbons (Fsp3) is 0. The third-order valence-electron chi connectivity index (χ3n) is 1.24. The molecule has 0 aliphatic heterocycles. The highest BCUT2D eigenvalue weighted by Gasteiger charge is 2.10. The van der Waals surface area contributed by atoms with Crippen LogP contribution < -0.4 is 4.34 Å². The molecule has 0 fully saturated rings. The number of nitrogens with one attached hydrogen (secondary N) is 1. The van der Waals surface area contributed by atoms with Gasteiger partial charge in [0.25, 0.3) is 0 Å². The summed E-state index contributed by atoms with van der Waals surface area (Å²) in [6.07, 6.45) is 0. The summed E-state index contributed by atoms with van der Waals surface area (Å²) in [5, 5.41) is 0. The van der Waals surface area contributed by atoms with Gasteiger partial charge in [0.1, 0.15) is 0 Å². The van der Waals surface area contributed by atoms with Crippen LogP contribution in [0.25, 0.3) is 0 Å². The maximum Gasteiger partial charge on any atom is 0.332 e. The van der Waals surface area contributed by atoms with E-state index in [-0.39, 0.29) is 4.90 Å². The van der Waals surface area contributed by atoms with Gasteiger partial charge in [-0.25, -0.2) is 0 Å².